The van der Waals surface area contributed by atoms with E-state index in [0.29, 0.717) is 12.1 Å². The lowest BCUT2D eigenvalue weighted by Crippen LogP contribution is -3.00. The van der Waals surface area contributed by atoms with Crippen LogP contribution in [0.25, 0.3) is 0 Å². The van der Waals surface area contributed by atoms with E-state index in [-0.39, 0.29) is 35.7 Å². The molecule has 5 heteroatoms. The highest BCUT2D eigenvalue weighted by Crippen LogP contribution is 2.43. The number of halogens is 1. The molecular formula is C26H34BrNO3. The van der Waals surface area contributed by atoms with E-state index in [0.717, 1.165) is 35.9 Å². The Morgan fingerprint density at radius 2 is 1.61 bits per heavy atom. The molecule has 0 spiro atoms. The lowest BCUT2D eigenvalue weighted by molar-refractivity contribution is -0.961. The van der Waals surface area contributed by atoms with Crippen LogP contribution < -0.4 is 17.0 Å². The number of aryl methyl sites for hydroxylation is 1. The van der Waals surface area contributed by atoms with Gasteiger partial charge in [0.05, 0.1) is 25.7 Å². The molecule has 168 valence electrons. The summed E-state index contributed by atoms with van der Waals surface area (Å²) in [6, 6.07) is 19.6. The molecule has 2 fully saturated rings. The molecule has 2 aliphatic heterocycles. The smallest absolute Gasteiger partial charge is 0.316 e. The number of fused-ring (bicyclic) bond motifs is 2. The molecule has 0 aliphatic carbocycles. The van der Waals surface area contributed by atoms with E-state index in [1.165, 1.54) is 24.0 Å². The number of quaternary nitrogens is 1. The SMILES string of the molecule is CCc1ccc(C[N+]2(C)C3CCC2CC(OC(=O)C(CO)c2ccccc2)C3)cc1.[Br-]. The monoisotopic (exact) mass is 487 g/mol. The van der Waals surface area contributed by atoms with Crippen LogP contribution in [0.5, 0.6) is 0 Å². The van der Waals surface area contributed by atoms with Crippen molar-refractivity contribution in [1.29, 1.82) is 0 Å². The van der Waals surface area contributed by atoms with Crippen LogP contribution in [0.15, 0.2) is 54.6 Å². The number of hydrogen-bond acceptors (Lipinski definition) is 3. The van der Waals surface area contributed by atoms with Gasteiger partial charge in [0.25, 0.3) is 0 Å². The van der Waals surface area contributed by atoms with Gasteiger partial charge in [0.2, 0.25) is 0 Å². The van der Waals surface area contributed by atoms with Gasteiger partial charge >= 0.3 is 5.97 Å². The van der Waals surface area contributed by atoms with Crippen molar-refractivity contribution in [1.82, 2.24) is 0 Å². The van der Waals surface area contributed by atoms with Gasteiger partial charge in [0, 0.05) is 31.2 Å². The molecule has 2 aromatic carbocycles. The van der Waals surface area contributed by atoms with Crippen LogP contribution in [-0.2, 0) is 22.5 Å². The molecule has 0 amide bonds. The van der Waals surface area contributed by atoms with Crippen LogP contribution in [-0.4, -0.2) is 47.4 Å². The second-order valence-electron chi connectivity index (χ2n) is 9.24. The van der Waals surface area contributed by atoms with Gasteiger partial charge in [0.15, 0.2) is 0 Å². The standard InChI is InChI=1S/C26H34NO3.BrH/c1-3-19-9-11-20(12-10-19)17-27(2)22-13-14-23(27)16-24(15-22)30-26(29)25(18-28)21-7-5-4-6-8-21;/h4-12,22-25,28H,3,13-18H2,1-2H3;1H/q+1;/p-1. The van der Waals surface area contributed by atoms with Crippen molar-refractivity contribution in [3.63, 3.8) is 0 Å². The third kappa shape index (κ3) is 5.05. The molecule has 1 N–H and O–H groups in total. The van der Waals surface area contributed by atoms with Crippen molar-refractivity contribution in [2.45, 2.75) is 69.7 Å². The molecule has 31 heavy (non-hydrogen) atoms. The molecule has 0 radical (unpaired) electrons. The summed E-state index contributed by atoms with van der Waals surface area (Å²) < 4.78 is 7.00. The van der Waals surface area contributed by atoms with Crippen LogP contribution in [0.1, 0.15) is 55.2 Å². The Morgan fingerprint density at radius 3 is 2.16 bits per heavy atom. The number of carbonyl (C=O) groups excluding carboxylic acids is 1. The van der Waals surface area contributed by atoms with E-state index in [2.05, 4.69) is 38.2 Å². The minimum Gasteiger partial charge on any atom is -1.00 e. The van der Waals surface area contributed by atoms with Crippen molar-refractivity contribution >= 4 is 5.97 Å². The predicted molar refractivity (Wildman–Crippen MR) is 118 cm³/mol. The second-order valence-corrected chi connectivity index (χ2v) is 9.24. The first kappa shape index (κ1) is 24.0. The second kappa shape index (κ2) is 10.3. The van der Waals surface area contributed by atoms with E-state index >= 15 is 0 Å². The normalized spacial score (nSPS) is 27.9. The molecule has 0 saturated carbocycles. The largest absolute Gasteiger partial charge is 1.00 e. The van der Waals surface area contributed by atoms with Gasteiger partial charge < -0.3 is 31.3 Å². The first-order valence-corrected chi connectivity index (χ1v) is 11.3. The number of hydrogen-bond donors (Lipinski definition) is 1. The van der Waals surface area contributed by atoms with E-state index < -0.39 is 5.92 Å². The summed E-state index contributed by atoms with van der Waals surface area (Å²) in [5, 5.41) is 9.78. The number of nitrogens with zero attached hydrogens (tertiary/aromatic N) is 1. The van der Waals surface area contributed by atoms with Crippen LogP contribution >= 0.6 is 0 Å². The summed E-state index contributed by atoms with van der Waals surface area (Å²) >= 11 is 0. The third-order valence-electron chi connectivity index (χ3n) is 7.48. The van der Waals surface area contributed by atoms with Gasteiger partial charge in [-0.15, -0.1) is 0 Å². The van der Waals surface area contributed by atoms with Crippen molar-refractivity contribution in [3.05, 3.63) is 71.3 Å². The summed E-state index contributed by atoms with van der Waals surface area (Å²) in [6.45, 7) is 3.02. The molecular weight excluding hydrogens is 454 g/mol. The van der Waals surface area contributed by atoms with Gasteiger partial charge in [-0.2, -0.15) is 0 Å². The summed E-state index contributed by atoms with van der Waals surface area (Å²) in [5.41, 5.74) is 3.60. The lowest BCUT2D eigenvalue weighted by Gasteiger charge is -2.47. The molecule has 0 aromatic heterocycles. The zero-order valence-electron chi connectivity index (χ0n) is 18.5. The summed E-state index contributed by atoms with van der Waals surface area (Å²) in [7, 11) is 2.38. The quantitative estimate of drug-likeness (QED) is 0.471. The van der Waals surface area contributed by atoms with Gasteiger partial charge in [0.1, 0.15) is 18.6 Å². The Hall–Kier alpha value is -1.69. The molecule has 3 atom stereocenters. The Balaban J connectivity index is 0.00000272. The van der Waals surface area contributed by atoms with Crippen LogP contribution in [0.4, 0.5) is 0 Å². The van der Waals surface area contributed by atoms with E-state index in [4.69, 9.17) is 4.74 Å². The molecule has 2 aliphatic rings. The van der Waals surface area contributed by atoms with E-state index in [1.54, 1.807) is 0 Å². The predicted octanol–water partition coefficient (Wildman–Crippen LogP) is 1.21. The Labute approximate surface area is 196 Å². The number of ether oxygens (including phenoxy) is 1. The first-order chi connectivity index (χ1) is 14.5. The highest BCUT2D eigenvalue weighted by atomic mass is 79.9. The number of piperidine rings is 1. The third-order valence-corrected chi connectivity index (χ3v) is 7.48. The molecule has 2 aromatic rings. The number of aliphatic hydroxyl groups excluding tert-OH is 1. The van der Waals surface area contributed by atoms with E-state index in [1.807, 2.05) is 30.3 Å². The fourth-order valence-corrected chi connectivity index (χ4v) is 5.57. The number of rotatable bonds is 7. The highest BCUT2D eigenvalue weighted by molar-refractivity contribution is 5.78. The summed E-state index contributed by atoms with van der Waals surface area (Å²) in [4.78, 5) is 12.8. The van der Waals surface area contributed by atoms with Crippen LogP contribution in [0, 0.1) is 0 Å². The van der Waals surface area contributed by atoms with Crippen LogP contribution in [0.2, 0.25) is 0 Å². The summed E-state index contributed by atoms with van der Waals surface area (Å²) in [5.74, 6) is -0.886. The zero-order chi connectivity index (χ0) is 21.1. The fraction of sp³-hybridized carbons (Fsp3) is 0.500. The zero-order valence-corrected chi connectivity index (χ0v) is 20.1. The topological polar surface area (TPSA) is 46.5 Å². The molecule has 3 unspecified atom stereocenters. The van der Waals surface area contributed by atoms with E-state index in [9.17, 15) is 9.90 Å². The van der Waals surface area contributed by atoms with Crippen molar-refractivity contribution in [2.24, 2.45) is 0 Å². The minimum absolute atomic E-state index is 0. The number of benzene rings is 2. The molecule has 2 saturated heterocycles. The molecule has 4 nitrogen and oxygen atoms in total. The minimum atomic E-state index is -0.594. The number of carbonyl (C=O) groups is 1. The molecule has 2 bridgehead atoms. The fourth-order valence-electron chi connectivity index (χ4n) is 5.57. The maximum absolute atomic E-state index is 12.8. The average Bonchev–Trinajstić information content (AvgIpc) is 2.92. The Bertz CT molecular complexity index is 841. The van der Waals surface area contributed by atoms with Gasteiger partial charge in [-0.25, -0.2) is 0 Å². The Morgan fingerprint density at radius 1 is 1.03 bits per heavy atom. The first-order valence-electron chi connectivity index (χ1n) is 11.3. The Kier molecular flexibility index (Phi) is 7.95. The van der Waals surface area contributed by atoms with Crippen molar-refractivity contribution < 1.29 is 36.1 Å². The molecule has 2 heterocycles. The van der Waals surface area contributed by atoms with Crippen LogP contribution in [0.3, 0.4) is 0 Å². The van der Waals surface area contributed by atoms with Crippen molar-refractivity contribution in [2.75, 3.05) is 13.7 Å². The maximum Gasteiger partial charge on any atom is 0.316 e. The molecule has 4 rings (SSSR count). The van der Waals surface area contributed by atoms with Gasteiger partial charge in [-0.3, -0.25) is 4.79 Å². The number of aliphatic hydroxyl groups is 1. The highest BCUT2D eigenvalue weighted by Gasteiger charge is 2.52. The summed E-state index contributed by atoms with van der Waals surface area (Å²) in [6.07, 6.45) is 5.26. The maximum atomic E-state index is 12.8. The number of esters is 1. The van der Waals surface area contributed by atoms with Gasteiger partial charge in [-0.05, 0) is 17.5 Å². The van der Waals surface area contributed by atoms with Gasteiger partial charge in [-0.1, -0.05) is 61.5 Å². The van der Waals surface area contributed by atoms with Crippen molar-refractivity contribution in [3.8, 4) is 0 Å². The average molecular weight is 488 g/mol. The lowest BCUT2D eigenvalue weighted by atomic mass is 9.94.